The number of aliphatic carboxylic acids is 5. The van der Waals surface area contributed by atoms with Gasteiger partial charge in [-0.15, -0.1) is 0 Å². The second-order valence-corrected chi connectivity index (χ2v) is 14.9. The van der Waals surface area contributed by atoms with Crippen molar-refractivity contribution >= 4 is 99.6 Å². The molecule has 1 unspecified atom stereocenters. The third kappa shape index (κ3) is 22.9. The van der Waals surface area contributed by atoms with Crippen molar-refractivity contribution in [3.8, 4) is 0 Å². The van der Waals surface area contributed by atoms with Crippen LogP contribution in [-0.4, -0.2) is 188 Å². The standard InChI is InChI=1S/C39H50N10O14S2/c1-23(15-47(17-33(53)54)18-34(55)56)49(21-37(61)62)28(16-48(19-35(57)58)20-36(59)60)10-24-4-8-27(9-5-24)45-39(65)46-32(52)14-43-31(51)13-42-30(50)12-41-29(38(40)63)11-25-2-6-26(7-3-25)44-22-64/h2-9,23,28-29,41H,10-21H2,1H3,(H2,40,63)(H,42,50)(H,43,51)(H,53,54)(H,55,56)(H,57,58)(H,59,60)(H,61,62)(H2,45,46,52,65)/t23-,28+,29?/m0/s1. The number of carbonyl (C=O) groups is 9. The molecule has 24 nitrogen and oxygen atoms in total. The molecule has 0 aromatic heterocycles. The molecule has 12 N–H and O–H groups in total. The Bertz CT molecular complexity index is 2060. The summed E-state index contributed by atoms with van der Waals surface area (Å²) < 4.78 is 0. The summed E-state index contributed by atoms with van der Waals surface area (Å²) in [5.74, 6) is -9.44. The molecule has 0 aliphatic carbocycles. The first-order valence-electron chi connectivity index (χ1n) is 19.4. The van der Waals surface area contributed by atoms with Crippen LogP contribution < -0.4 is 32.3 Å². The van der Waals surface area contributed by atoms with E-state index in [0.717, 1.165) is 15.4 Å². The maximum Gasteiger partial charge on any atom is 0.317 e. The molecule has 0 saturated heterocycles. The van der Waals surface area contributed by atoms with Crippen molar-refractivity contribution in [3.05, 3.63) is 59.7 Å². The Morgan fingerprint density at radius 1 is 0.662 bits per heavy atom. The van der Waals surface area contributed by atoms with E-state index in [0.29, 0.717) is 16.9 Å². The summed E-state index contributed by atoms with van der Waals surface area (Å²) in [6.07, 6.45) is 0.183. The van der Waals surface area contributed by atoms with Gasteiger partial charge in [0.15, 0.2) is 5.11 Å². The number of benzene rings is 2. The number of hydrogen-bond acceptors (Lipinski definition) is 16. The maximum absolute atomic E-state index is 12.5. The van der Waals surface area contributed by atoms with Crippen molar-refractivity contribution in [2.75, 3.05) is 70.8 Å². The number of primary amides is 1. The Labute approximate surface area is 382 Å². The van der Waals surface area contributed by atoms with Crippen LogP contribution in [0.4, 0.5) is 11.4 Å². The van der Waals surface area contributed by atoms with Crippen LogP contribution in [0.5, 0.6) is 0 Å². The molecule has 0 bridgehead atoms. The fourth-order valence-electron chi connectivity index (χ4n) is 6.30. The molecule has 2 aromatic rings. The maximum atomic E-state index is 12.5. The summed E-state index contributed by atoms with van der Waals surface area (Å²) in [5.41, 5.74) is 7.69. The SMILES string of the molecule is C[C@@H](CN(CC(=O)O)CC(=O)O)N(CC(=O)O)[C@H](Cc1ccc(NC(=S)NC(=O)CNC(=O)CNC(=O)CNC(Cc2ccc(N=C=S)cc2)C(N)=O)cc1)CN(CC(=O)O)CC(=O)O. The molecular weight excluding hydrogens is 897 g/mol. The number of carbonyl (C=O) groups excluding carboxylic acids is 4. The topological polar surface area (TPSA) is 363 Å². The van der Waals surface area contributed by atoms with Crippen molar-refractivity contribution in [1.29, 1.82) is 0 Å². The molecule has 0 fully saturated rings. The van der Waals surface area contributed by atoms with Gasteiger partial charge in [0.05, 0.1) is 69.2 Å². The van der Waals surface area contributed by atoms with Gasteiger partial charge in [-0.1, -0.05) is 24.3 Å². The van der Waals surface area contributed by atoms with Crippen molar-refractivity contribution < 1.29 is 68.7 Å². The number of hydrogen-bond donors (Lipinski definition) is 11. The highest BCUT2D eigenvalue weighted by Crippen LogP contribution is 2.18. The normalized spacial score (nSPS) is 12.2. The number of nitrogens with two attached hydrogens (primary N) is 1. The van der Waals surface area contributed by atoms with Crippen molar-refractivity contribution in [2.24, 2.45) is 10.7 Å². The number of aliphatic imine (C=N–C) groups is 1. The van der Waals surface area contributed by atoms with E-state index in [-0.39, 0.29) is 37.6 Å². The van der Waals surface area contributed by atoms with Crippen molar-refractivity contribution in [2.45, 2.75) is 37.9 Å². The van der Waals surface area contributed by atoms with Crippen molar-refractivity contribution in [3.63, 3.8) is 0 Å². The Morgan fingerprint density at radius 2 is 1.12 bits per heavy atom. The Morgan fingerprint density at radius 3 is 1.62 bits per heavy atom. The number of anilines is 1. The lowest BCUT2D eigenvalue weighted by atomic mass is 10.0. The van der Waals surface area contributed by atoms with Crippen LogP contribution in [0, 0.1) is 0 Å². The van der Waals surface area contributed by atoms with Gasteiger partial charge >= 0.3 is 29.8 Å². The van der Waals surface area contributed by atoms with Gasteiger partial charge in [-0.25, -0.2) is 0 Å². The predicted octanol–water partition coefficient (Wildman–Crippen LogP) is -2.22. The summed E-state index contributed by atoms with van der Waals surface area (Å²) in [5, 5.41) is 62.1. The van der Waals surface area contributed by atoms with Gasteiger partial charge in [-0.2, -0.15) is 4.99 Å². The van der Waals surface area contributed by atoms with Crippen LogP contribution in [0.15, 0.2) is 53.5 Å². The second-order valence-electron chi connectivity index (χ2n) is 14.3. The molecule has 4 amide bonds. The highest BCUT2D eigenvalue weighted by Gasteiger charge is 2.31. The van der Waals surface area contributed by atoms with Crippen LogP contribution in [0.25, 0.3) is 0 Å². The largest absolute Gasteiger partial charge is 0.480 e. The van der Waals surface area contributed by atoms with Gasteiger partial charge < -0.3 is 52.5 Å². The average Bonchev–Trinajstić information content (AvgIpc) is 3.19. The number of nitrogens with one attached hydrogen (secondary N) is 5. The zero-order valence-electron chi connectivity index (χ0n) is 34.9. The fourth-order valence-corrected chi connectivity index (χ4v) is 6.63. The number of carboxylic acid groups (broad SMARTS) is 5. The Balaban J connectivity index is 2.02. The lowest BCUT2D eigenvalue weighted by molar-refractivity contribution is -0.144. The van der Waals surface area contributed by atoms with Gasteiger partial charge in [-0.3, -0.25) is 63.2 Å². The van der Waals surface area contributed by atoms with Crippen LogP contribution in [0.1, 0.15) is 18.1 Å². The number of isothiocyanates is 1. The minimum Gasteiger partial charge on any atom is -0.480 e. The first-order valence-corrected chi connectivity index (χ1v) is 20.2. The zero-order chi connectivity index (χ0) is 48.6. The second kappa shape index (κ2) is 28.1. The van der Waals surface area contributed by atoms with Gasteiger partial charge in [0.2, 0.25) is 23.6 Å². The number of amides is 4. The molecule has 3 atom stereocenters. The van der Waals surface area contributed by atoms with Gasteiger partial charge in [0.1, 0.15) is 0 Å². The Hall–Kier alpha value is -6.80. The molecule has 0 saturated carbocycles. The predicted molar refractivity (Wildman–Crippen MR) is 237 cm³/mol. The lowest BCUT2D eigenvalue weighted by Gasteiger charge is -2.39. The number of thiocarbonyl (C=S) groups is 2. The van der Waals surface area contributed by atoms with Crippen LogP contribution in [-0.2, 0) is 56.0 Å². The minimum absolute atomic E-state index is 0.0126. The summed E-state index contributed by atoms with van der Waals surface area (Å²) in [4.78, 5) is 115. The van der Waals surface area contributed by atoms with Crippen LogP contribution in [0.2, 0.25) is 0 Å². The van der Waals surface area contributed by atoms with E-state index in [4.69, 9.17) is 18.0 Å². The molecule has 2 rings (SSSR count). The smallest absolute Gasteiger partial charge is 0.317 e. The molecule has 0 radical (unpaired) electrons. The number of rotatable bonds is 30. The molecule has 0 aliphatic rings. The van der Waals surface area contributed by atoms with Crippen LogP contribution >= 0.6 is 24.4 Å². The molecule has 0 aliphatic heterocycles. The van der Waals surface area contributed by atoms with Crippen molar-refractivity contribution in [1.82, 2.24) is 36.0 Å². The Kier molecular flexibility index (Phi) is 23.5. The molecule has 26 heteroatoms. The monoisotopic (exact) mass is 946 g/mol. The molecule has 2 aromatic carbocycles. The quantitative estimate of drug-likeness (QED) is 0.0292. The van der Waals surface area contributed by atoms with Gasteiger partial charge in [0, 0.05) is 30.9 Å². The van der Waals surface area contributed by atoms with E-state index in [1.54, 1.807) is 48.5 Å². The van der Waals surface area contributed by atoms with E-state index in [1.165, 1.54) is 11.8 Å². The fraction of sp³-hybridized carbons (Fsp3) is 0.410. The van der Waals surface area contributed by atoms with E-state index < -0.39 is 117 Å². The third-order valence-electron chi connectivity index (χ3n) is 9.01. The van der Waals surface area contributed by atoms with E-state index in [9.17, 15) is 68.7 Å². The van der Waals surface area contributed by atoms with E-state index in [1.807, 2.05) is 0 Å². The van der Waals surface area contributed by atoms with E-state index >= 15 is 0 Å². The van der Waals surface area contributed by atoms with E-state index in [2.05, 4.69) is 49.0 Å². The molecular formula is C39H50N10O14S2. The average molecular weight is 947 g/mol. The minimum atomic E-state index is -1.35. The third-order valence-corrected chi connectivity index (χ3v) is 9.31. The van der Waals surface area contributed by atoms with Gasteiger partial charge in [-0.05, 0) is 79.6 Å². The molecule has 0 heterocycles. The summed E-state index contributed by atoms with van der Waals surface area (Å²) in [7, 11) is 0. The highest BCUT2D eigenvalue weighted by molar-refractivity contribution is 7.80. The van der Waals surface area contributed by atoms with Crippen LogP contribution in [0.3, 0.4) is 0 Å². The molecule has 0 spiro atoms. The summed E-state index contributed by atoms with van der Waals surface area (Å²) >= 11 is 9.78. The van der Waals surface area contributed by atoms with Gasteiger partial charge in [0.25, 0.3) is 0 Å². The molecule has 65 heavy (non-hydrogen) atoms. The molecule has 352 valence electrons. The number of carboxylic acids is 5. The summed E-state index contributed by atoms with van der Waals surface area (Å²) in [6, 6.07) is 10.4. The summed E-state index contributed by atoms with van der Waals surface area (Å²) in [6.45, 7) is -3.76. The first kappa shape index (κ1) is 54.3. The highest BCUT2D eigenvalue weighted by atomic mass is 32.1. The zero-order valence-corrected chi connectivity index (χ0v) is 36.6. The lowest BCUT2D eigenvalue weighted by Crippen LogP contribution is -2.55. The number of nitrogens with zero attached hydrogens (tertiary/aromatic N) is 4. The first-order chi connectivity index (χ1) is 30.6.